The Hall–Kier alpha value is -2.45. The molecular weight excluding hydrogens is 332 g/mol. The van der Waals surface area contributed by atoms with Crippen LogP contribution in [0, 0.1) is 11.8 Å². The van der Waals surface area contributed by atoms with Crippen LogP contribution >= 0.6 is 0 Å². The van der Waals surface area contributed by atoms with E-state index in [2.05, 4.69) is 4.74 Å². The maximum absolute atomic E-state index is 12.4. The summed E-state index contributed by atoms with van der Waals surface area (Å²) >= 11 is 0. The summed E-state index contributed by atoms with van der Waals surface area (Å²) in [6.07, 6.45) is 2.14. The SMILES string of the molecule is CCOC(=O)NC(=O)COC(=O)[C@H](C)N1C(=O)[C@H]2CCCC[C@@H]2C1=O. The third-order valence-corrected chi connectivity index (χ3v) is 4.47. The van der Waals surface area contributed by atoms with E-state index < -0.39 is 30.6 Å². The fourth-order valence-electron chi connectivity index (χ4n) is 3.25. The normalized spacial score (nSPS) is 23.7. The van der Waals surface area contributed by atoms with E-state index in [1.165, 1.54) is 6.92 Å². The maximum atomic E-state index is 12.4. The molecule has 0 radical (unpaired) electrons. The van der Waals surface area contributed by atoms with Gasteiger partial charge in [-0.15, -0.1) is 0 Å². The smallest absolute Gasteiger partial charge is 0.413 e. The van der Waals surface area contributed by atoms with Crippen LogP contribution in [0.3, 0.4) is 0 Å². The molecule has 0 spiro atoms. The first kappa shape index (κ1) is 18.9. The molecule has 2 rings (SSSR count). The summed E-state index contributed by atoms with van der Waals surface area (Å²) in [6.45, 7) is 2.36. The van der Waals surface area contributed by atoms with Gasteiger partial charge in [0.15, 0.2) is 6.61 Å². The highest BCUT2D eigenvalue weighted by Crippen LogP contribution is 2.38. The van der Waals surface area contributed by atoms with E-state index in [1.807, 2.05) is 5.32 Å². The number of likely N-dealkylation sites (tertiary alicyclic amines) is 1. The Bertz CT molecular complexity index is 565. The van der Waals surface area contributed by atoms with Crippen molar-refractivity contribution in [1.29, 1.82) is 0 Å². The van der Waals surface area contributed by atoms with E-state index in [0.717, 1.165) is 17.7 Å². The highest BCUT2D eigenvalue weighted by molar-refractivity contribution is 6.07. The molecule has 0 aromatic carbocycles. The first-order chi connectivity index (χ1) is 11.9. The Balaban J connectivity index is 1.89. The summed E-state index contributed by atoms with van der Waals surface area (Å²) in [4.78, 5) is 60.4. The lowest BCUT2D eigenvalue weighted by Crippen LogP contribution is -2.45. The average Bonchev–Trinajstić information content (AvgIpc) is 2.84. The molecule has 2 aliphatic rings. The summed E-state index contributed by atoms with van der Waals surface area (Å²) in [5.41, 5.74) is 0. The monoisotopic (exact) mass is 354 g/mol. The fraction of sp³-hybridized carbons (Fsp3) is 0.688. The van der Waals surface area contributed by atoms with Gasteiger partial charge in [0, 0.05) is 0 Å². The van der Waals surface area contributed by atoms with Crippen molar-refractivity contribution in [2.45, 2.75) is 45.6 Å². The summed E-state index contributed by atoms with van der Waals surface area (Å²) in [7, 11) is 0. The van der Waals surface area contributed by atoms with Crippen LogP contribution in [0.4, 0.5) is 4.79 Å². The summed E-state index contributed by atoms with van der Waals surface area (Å²) < 4.78 is 9.32. The molecule has 138 valence electrons. The minimum atomic E-state index is -1.11. The van der Waals surface area contributed by atoms with Crippen LogP contribution in [0.15, 0.2) is 0 Å². The second-order valence-corrected chi connectivity index (χ2v) is 6.10. The van der Waals surface area contributed by atoms with Gasteiger partial charge < -0.3 is 9.47 Å². The molecule has 25 heavy (non-hydrogen) atoms. The molecule has 9 heteroatoms. The lowest BCUT2D eigenvalue weighted by atomic mass is 9.81. The second-order valence-electron chi connectivity index (χ2n) is 6.10. The molecule has 0 unspecified atom stereocenters. The molecule has 2 fully saturated rings. The van der Waals surface area contributed by atoms with Gasteiger partial charge in [-0.1, -0.05) is 12.8 Å². The van der Waals surface area contributed by atoms with E-state index in [0.29, 0.717) is 12.8 Å². The van der Waals surface area contributed by atoms with Crippen molar-refractivity contribution >= 4 is 29.8 Å². The van der Waals surface area contributed by atoms with Crippen molar-refractivity contribution in [3.63, 3.8) is 0 Å². The number of hydrogen-bond donors (Lipinski definition) is 1. The number of imide groups is 2. The van der Waals surface area contributed by atoms with Crippen LogP contribution in [-0.4, -0.2) is 53.9 Å². The van der Waals surface area contributed by atoms with Gasteiger partial charge in [-0.25, -0.2) is 9.59 Å². The van der Waals surface area contributed by atoms with Crippen LogP contribution < -0.4 is 5.32 Å². The minimum absolute atomic E-state index is 0.0947. The zero-order valence-corrected chi connectivity index (χ0v) is 14.3. The number of carbonyl (C=O) groups excluding carboxylic acids is 5. The minimum Gasteiger partial charge on any atom is -0.454 e. The van der Waals surface area contributed by atoms with Crippen molar-refractivity contribution in [3.8, 4) is 0 Å². The van der Waals surface area contributed by atoms with E-state index in [4.69, 9.17) is 4.74 Å². The van der Waals surface area contributed by atoms with Crippen LogP contribution in [0.25, 0.3) is 0 Å². The zero-order chi connectivity index (χ0) is 18.6. The molecule has 4 amide bonds. The van der Waals surface area contributed by atoms with Crippen molar-refractivity contribution < 1.29 is 33.4 Å². The van der Waals surface area contributed by atoms with Crippen LogP contribution in [0.2, 0.25) is 0 Å². The Kier molecular flexibility index (Phi) is 6.11. The summed E-state index contributed by atoms with van der Waals surface area (Å²) in [5.74, 6) is -3.15. The number of hydrogen-bond acceptors (Lipinski definition) is 7. The molecule has 1 heterocycles. The fourth-order valence-corrected chi connectivity index (χ4v) is 3.25. The van der Waals surface area contributed by atoms with E-state index in [-0.39, 0.29) is 30.3 Å². The number of alkyl carbamates (subject to hydrolysis) is 1. The van der Waals surface area contributed by atoms with Gasteiger partial charge in [0.1, 0.15) is 6.04 Å². The highest BCUT2D eigenvalue weighted by atomic mass is 16.6. The number of amides is 4. The van der Waals surface area contributed by atoms with Gasteiger partial charge in [-0.05, 0) is 26.7 Å². The third kappa shape index (κ3) is 4.15. The molecule has 0 aromatic rings. The van der Waals surface area contributed by atoms with Gasteiger partial charge in [0.25, 0.3) is 5.91 Å². The maximum Gasteiger partial charge on any atom is 0.413 e. The highest BCUT2D eigenvalue weighted by Gasteiger charge is 2.51. The molecular formula is C16H22N2O7. The number of esters is 1. The Morgan fingerprint density at radius 1 is 1.12 bits per heavy atom. The first-order valence-corrected chi connectivity index (χ1v) is 8.37. The lowest BCUT2D eigenvalue weighted by Gasteiger charge is -2.21. The molecule has 0 bridgehead atoms. The van der Waals surface area contributed by atoms with Crippen molar-refractivity contribution in [3.05, 3.63) is 0 Å². The Morgan fingerprint density at radius 3 is 2.20 bits per heavy atom. The molecule has 1 saturated heterocycles. The second kappa shape index (κ2) is 8.09. The predicted molar refractivity (Wildman–Crippen MR) is 82.9 cm³/mol. The van der Waals surface area contributed by atoms with Crippen molar-refractivity contribution in [1.82, 2.24) is 10.2 Å². The number of fused-ring (bicyclic) bond motifs is 1. The van der Waals surface area contributed by atoms with Crippen LogP contribution in [-0.2, 0) is 28.7 Å². The van der Waals surface area contributed by atoms with Gasteiger partial charge in [0.05, 0.1) is 18.4 Å². The molecule has 9 nitrogen and oxygen atoms in total. The van der Waals surface area contributed by atoms with Gasteiger partial charge >= 0.3 is 12.1 Å². The van der Waals surface area contributed by atoms with E-state index in [9.17, 15) is 24.0 Å². The van der Waals surface area contributed by atoms with Gasteiger partial charge in [-0.2, -0.15) is 0 Å². The quantitative estimate of drug-likeness (QED) is 0.559. The van der Waals surface area contributed by atoms with E-state index in [1.54, 1.807) is 6.92 Å². The number of ether oxygens (including phenoxy) is 2. The van der Waals surface area contributed by atoms with Crippen LogP contribution in [0.1, 0.15) is 39.5 Å². The zero-order valence-electron chi connectivity index (χ0n) is 14.3. The number of nitrogens with zero attached hydrogens (tertiary/aromatic N) is 1. The Labute approximate surface area is 145 Å². The molecule has 1 aliphatic heterocycles. The van der Waals surface area contributed by atoms with Gasteiger partial charge in [0.2, 0.25) is 11.8 Å². The molecule has 1 saturated carbocycles. The lowest BCUT2D eigenvalue weighted by molar-refractivity contribution is -0.159. The largest absolute Gasteiger partial charge is 0.454 e. The molecule has 1 N–H and O–H groups in total. The Morgan fingerprint density at radius 2 is 1.68 bits per heavy atom. The van der Waals surface area contributed by atoms with Crippen molar-refractivity contribution in [2.75, 3.05) is 13.2 Å². The van der Waals surface area contributed by atoms with E-state index >= 15 is 0 Å². The molecule has 1 aliphatic carbocycles. The summed E-state index contributed by atoms with van der Waals surface area (Å²) in [6, 6.07) is -1.11. The number of rotatable bonds is 5. The average molecular weight is 354 g/mol. The predicted octanol–water partition coefficient (Wildman–Crippen LogP) is 0.366. The third-order valence-electron chi connectivity index (χ3n) is 4.47. The summed E-state index contributed by atoms with van der Waals surface area (Å²) in [5, 5.41) is 1.88. The first-order valence-electron chi connectivity index (χ1n) is 8.37. The molecule has 0 aromatic heterocycles. The topological polar surface area (TPSA) is 119 Å². The number of carbonyl (C=O) groups is 5. The standard InChI is InChI=1S/C16H22N2O7/c1-3-24-16(23)17-12(19)8-25-15(22)9(2)18-13(20)10-6-4-5-7-11(10)14(18)21/h9-11H,3-8H2,1-2H3,(H,17,19,23)/t9-,10-,11-/m0/s1. The number of nitrogens with one attached hydrogen (secondary N) is 1. The van der Waals surface area contributed by atoms with Crippen molar-refractivity contribution in [2.24, 2.45) is 11.8 Å². The van der Waals surface area contributed by atoms with Crippen LogP contribution in [0.5, 0.6) is 0 Å². The molecule has 3 atom stereocenters. The van der Waals surface area contributed by atoms with Gasteiger partial charge in [-0.3, -0.25) is 24.6 Å².